The van der Waals surface area contributed by atoms with Crippen molar-refractivity contribution >= 4 is 55.5 Å². The maximum atomic E-state index is 13.6. The van der Waals surface area contributed by atoms with Crippen molar-refractivity contribution in [3.05, 3.63) is 104 Å². The Morgan fingerprint density at radius 2 is 1.92 bits per heavy atom. The number of amides is 1. The van der Waals surface area contributed by atoms with E-state index < -0.39 is 16.5 Å². The first-order valence-electron chi connectivity index (χ1n) is 10.5. The van der Waals surface area contributed by atoms with Crippen LogP contribution in [0.25, 0.3) is 21.2 Å². The molecule has 0 unspecified atom stereocenters. The number of non-ortho nitro benzene ring substituents is 1. The van der Waals surface area contributed by atoms with Gasteiger partial charge in [-0.05, 0) is 48.0 Å². The largest absolute Gasteiger partial charge is 0.497 e. The monoisotopic (exact) mass is 500 g/mol. The maximum Gasteiger partial charge on any atom is 0.349 e. The number of ether oxygens (including phenoxy) is 1. The first kappa shape index (κ1) is 22.9. The highest BCUT2D eigenvalue weighted by atomic mass is 32.1. The van der Waals surface area contributed by atoms with Crippen LogP contribution in [-0.4, -0.2) is 29.1 Å². The first-order chi connectivity index (χ1) is 17.4. The van der Waals surface area contributed by atoms with Crippen LogP contribution in [0.5, 0.6) is 5.75 Å². The summed E-state index contributed by atoms with van der Waals surface area (Å²) in [5, 5.41) is 17.0. The maximum absolute atomic E-state index is 13.6. The molecule has 0 radical (unpaired) electrons. The molecule has 3 aromatic carbocycles. The van der Waals surface area contributed by atoms with Crippen molar-refractivity contribution in [3.63, 3.8) is 0 Å². The second kappa shape index (κ2) is 9.39. The van der Waals surface area contributed by atoms with Crippen molar-refractivity contribution in [1.29, 1.82) is 0 Å². The van der Waals surface area contributed by atoms with Crippen LogP contribution in [0.2, 0.25) is 0 Å². The molecule has 0 aliphatic heterocycles. The zero-order valence-corrected chi connectivity index (χ0v) is 19.5. The Morgan fingerprint density at radius 1 is 1.14 bits per heavy atom. The standard InChI is InChI=1S/C25H16N4O6S/c1-34-18-10-11-20-22(13-18)36-25(27-20)28(26-14-15-6-8-17(9-7-15)29(32)33)23(30)19-12-16-4-2-3-5-21(16)35-24(19)31/h2-14H,1H3/b26-14+. The number of aromatic nitrogens is 1. The zero-order valence-electron chi connectivity index (χ0n) is 18.7. The predicted octanol–water partition coefficient (Wildman–Crippen LogP) is 5.00. The number of nitro benzene ring substituents is 1. The molecule has 0 saturated carbocycles. The number of carbonyl (C=O) groups is 1. The number of rotatable bonds is 6. The number of carbonyl (C=O) groups excluding carboxylic acids is 1. The molecule has 0 aliphatic rings. The molecular formula is C25H16N4O6S. The lowest BCUT2D eigenvalue weighted by Crippen LogP contribution is -2.30. The van der Waals surface area contributed by atoms with E-state index in [0.717, 1.165) is 9.71 Å². The number of nitrogens with zero attached hydrogens (tertiary/aromatic N) is 4. The number of hydrazone groups is 1. The number of methoxy groups -OCH3 is 1. The van der Waals surface area contributed by atoms with Gasteiger partial charge in [-0.2, -0.15) is 10.1 Å². The van der Waals surface area contributed by atoms with Gasteiger partial charge in [-0.3, -0.25) is 14.9 Å². The first-order valence-corrected chi connectivity index (χ1v) is 11.3. The van der Waals surface area contributed by atoms with Gasteiger partial charge in [0, 0.05) is 17.5 Å². The average Bonchev–Trinajstić information content (AvgIpc) is 3.31. The Kier molecular flexibility index (Phi) is 5.97. The Hall–Kier alpha value is -4.90. The molecule has 2 aromatic heterocycles. The van der Waals surface area contributed by atoms with Gasteiger partial charge >= 0.3 is 5.63 Å². The van der Waals surface area contributed by atoms with Crippen LogP contribution >= 0.6 is 11.3 Å². The fourth-order valence-electron chi connectivity index (χ4n) is 3.43. The van der Waals surface area contributed by atoms with Crippen LogP contribution in [0.1, 0.15) is 15.9 Å². The molecule has 0 spiro atoms. The molecule has 0 aliphatic carbocycles. The molecule has 178 valence electrons. The quantitative estimate of drug-likeness (QED) is 0.139. The number of anilines is 1. The summed E-state index contributed by atoms with van der Waals surface area (Å²) in [5.74, 6) is -0.112. The second-order valence-electron chi connectivity index (χ2n) is 7.53. The number of hydrogen-bond donors (Lipinski definition) is 0. The third-order valence-electron chi connectivity index (χ3n) is 5.26. The molecule has 0 saturated heterocycles. The number of benzene rings is 3. The number of thiazole rings is 1. The van der Waals surface area contributed by atoms with Gasteiger partial charge in [0.05, 0.1) is 28.5 Å². The minimum Gasteiger partial charge on any atom is -0.497 e. The lowest BCUT2D eigenvalue weighted by molar-refractivity contribution is -0.384. The molecule has 1 amide bonds. The third kappa shape index (κ3) is 4.42. The van der Waals surface area contributed by atoms with E-state index in [1.54, 1.807) is 49.6 Å². The lowest BCUT2D eigenvalue weighted by atomic mass is 10.2. The van der Waals surface area contributed by atoms with Crippen LogP contribution in [0.15, 0.2) is 87.1 Å². The molecule has 5 rings (SSSR count). The normalized spacial score (nSPS) is 11.2. The van der Waals surface area contributed by atoms with E-state index >= 15 is 0 Å². The van der Waals surface area contributed by atoms with Gasteiger partial charge in [0.1, 0.15) is 16.9 Å². The summed E-state index contributed by atoms with van der Waals surface area (Å²) in [6.45, 7) is 0. The van der Waals surface area contributed by atoms with Crippen LogP contribution in [0, 0.1) is 10.1 Å². The Labute approximate surface area is 206 Å². The predicted molar refractivity (Wildman–Crippen MR) is 136 cm³/mol. The number of fused-ring (bicyclic) bond motifs is 2. The number of para-hydroxylation sites is 1. The van der Waals surface area contributed by atoms with Crippen molar-refractivity contribution in [3.8, 4) is 5.75 Å². The highest BCUT2D eigenvalue weighted by Gasteiger charge is 2.25. The molecule has 2 heterocycles. The summed E-state index contributed by atoms with van der Waals surface area (Å²) >= 11 is 1.19. The van der Waals surface area contributed by atoms with Crippen molar-refractivity contribution in [2.45, 2.75) is 0 Å². The molecule has 36 heavy (non-hydrogen) atoms. The fourth-order valence-corrected chi connectivity index (χ4v) is 4.38. The van der Waals surface area contributed by atoms with Gasteiger partial charge in [-0.15, -0.1) is 0 Å². The van der Waals surface area contributed by atoms with Gasteiger partial charge in [0.25, 0.3) is 11.6 Å². The van der Waals surface area contributed by atoms with Gasteiger partial charge in [0.15, 0.2) is 0 Å². The van der Waals surface area contributed by atoms with Crippen molar-refractivity contribution in [2.75, 3.05) is 12.1 Å². The summed E-state index contributed by atoms with van der Waals surface area (Å²) in [6, 6.07) is 19.2. The van der Waals surface area contributed by atoms with Crippen molar-refractivity contribution in [1.82, 2.24) is 4.98 Å². The summed E-state index contributed by atoms with van der Waals surface area (Å²) < 4.78 is 11.3. The SMILES string of the molecule is COc1ccc2nc(N(/N=C/c3ccc([N+](=O)[O-])cc3)C(=O)c3cc4ccccc4oc3=O)sc2c1. The molecule has 0 atom stereocenters. The van der Waals surface area contributed by atoms with Crippen LogP contribution in [0.4, 0.5) is 10.8 Å². The molecule has 11 heteroatoms. The summed E-state index contributed by atoms with van der Waals surface area (Å²) in [4.78, 5) is 41.2. The summed E-state index contributed by atoms with van der Waals surface area (Å²) in [6.07, 6.45) is 1.36. The highest BCUT2D eigenvalue weighted by molar-refractivity contribution is 7.22. The zero-order chi connectivity index (χ0) is 25.2. The van der Waals surface area contributed by atoms with Crippen LogP contribution in [0.3, 0.4) is 0 Å². The fraction of sp³-hybridized carbons (Fsp3) is 0.0400. The van der Waals surface area contributed by atoms with E-state index in [9.17, 15) is 19.7 Å². The van der Waals surface area contributed by atoms with Crippen LogP contribution in [-0.2, 0) is 0 Å². The minimum atomic E-state index is -0.808. The van der Waals surface area contributed by atoms with E-state index in [0.29, 0.717) is 27.8 Å². The van der Waals surface area contributed by atoms with Gasteiger partial charge in [-0.25, -0.2) is 9.78 Å². The minimum absolute atomic E-state index is 0.0750. The van der Waals surface area contributed by atoms with E-state index in [1.165, 1.54) is 47.9 Å². The molecular weight excluding hydrogens is 484 g/mol. The Balaban J connectivity index is 1.59. The van der Waals surface area contributed by atoms with Gasteiger partial charge in [-0.1, -0.05) is 29.5 Å². The second-order valence-corrected chi connectivity index (χ2v) is 8.53. The van der Waals surface area contributed by atoms with E-state index in [-0.39, 0.29) is 16.4 Å². The number of nitro groups is 1. The Morgan fingerprint density at radius 3 is 2.67 bits per heavy atom. The molecule has 0 fully saturated rings. The molecule has 10 nitrogen and oxygen atoms in total. The van der Waals surface area contributed by atoms with E-state index in [2.05, 4.69) is 10.1 Å². The van der Waals surface area contributed by atoms with Gasteiger partial charge in [0.2, 0.25) is 5.13 Å². The summed E-state index contributed by atoms with van der Waals surface area (Å²) in [7, 11) is 1.55. The Bertz CT molecular complexity index is 1710. The summed E-state index contributed by atoms with van der Waals surface area (Å²) in [5.41, 5.74) is 0.376. The average molecular weight is 500 g/mol. The molecule has 0 N–H and O–H groups in total. The number of hydrogen-bond acceptors (Lipinski definition) is 9. The highest BCUT2D eigenvalue weighted by Crippen LogP contribution is 2.32. The third-order valence-corrected chi connectivity index (χ3v) is 6.25. The molecule has 0 bridgehead atoms. The van der Waals surface area contributed by atoms with Crippen LogP contribution < -0.4 is 15.4 Å². The topological polar surface area (TPSA) is 128 Å². The lowest BCUT2D eigenvalue weighted by Gasteiger charge is -2.13. The van der Waals surface area contributed by atoms with E-state index in [4.69, 9.17) is 9.15 Å². The van der Waals surface area contributed by atoms with Crippen molar-refractivity contribution in [2.24, 2.45) is 5.10 Å². The van der Waals surface area contributed by atoms with E-state index in [1.807, 2.05) is 0 Å². The van der Waals surface area contributed by atoms with Crippen molar-refractivity contribution < 1.29 is 18.9 Å². The molecule has 5 aromatic rings. The van der Waals surface area contributed by atoms with Gasteiger partial charge < -0.3 is 9.15 Å². The smallest absolute Gasteiger partial charge is 0.349 e.